The standard InChI is InChI=1S/C20H16F4N4O2/c1-9(2)18-16(20(23,24)7-15(29)30)17-14(5-10-8-25-27-19(10)26-17)28(18)11-3-4-12(21)13(22)6-11/h3-6,8-9H,7H2,1-2H3,(H,29,30)(H,25,26,27). The molecule has 0 saturated heterocycles. The third-order valence-corrected chi connectivity index (χ3v) is 4.83. The van der Waals surface area contributed by atoms with Crippen LogP contribution in [0.15, 0.2) is 30.5 Å². The minimum absolute atomic E-state index is 0.0652. The Kier molecular flexibility index (Phi) is 4.52. The number of nitrogens with zero attached hydrogens (tertiary/aromatic N) is 3. The van der Waals surface area contributed by atoms with E-state index < -0.39 is 41.4 Å². The maximum atomic E-state index is 15.2. The minimum Gasteiger partial charge on any atom is -0.481 e. The Labute approximate surface area is 167 Å². The zero-order valence-corrected chi connectivity index (χ0v) is 15.9. The normalized spacial score (nSPS) is 12.4. The van der Waals surface area contributed by atoms with Gasteiger partial charge in [0.25, 0.3) is 5.92 Å². The summed E-state index contributed by atoms with van der Waals surface area (Å²) in [7, 11) is 0. The van der Waals surface area contributed by atoms with Crippen molar-refractivity contribution in [1.82, 2.24) is 19.7 Å². The van der Waals surface area contributed by atoms with Crippen molar-refractivity contribution in [3.8, 4) is 5.69 Å². The summed E-state index contributed by atoms with van der Waals surface area (Å²) in [6.45, 7) is 3.30. The third-order valence-electron chi connectivity index (χ3n) is 4.83. The van der Waals surface area contributed by atoms with Crippen LogP contribution in [-0.2, 0) is 10.7 Å². The summed E-state index contributed by atoms with van der Waals surface area (Å²) >= 11 is 0. The van der Waals surface area contributed by atoms with Gasteiger partial charge in [0, 0.05) is 22.8 Å². The van der Waals surface area contributed by atoms with E-state index in [4.69, 9.17) is 5.11 Å². The molecule has 10 heteroatoms. The number of hydrogen-bond acceptors (Lipinski definition) is 3. The number of aliphatic carboxylic acids is 1. The van der Waals surface area contributed by atoms with Crippen LogP contribution in [0.25, 0.3) is 27.8 Å². The lowest BCUT2D eigenvalue weighted by Crippen LogP contribution is -2.21. The van der Waals surface area contributed by atoms with Gasteiger partial charge in [0.15, 0.2) is 17.3 Å². The van der Waals surface area contributed by atoms with Gasteiger partial charge >= 0.3 is 5.97 Å². The number of rotatable bonds is 5. The summed E-state index contributed by atoms with van der Waals surface area (Å²) in [6, 6.07) is 4.62. The summed E-state index contributed by atoms with van der Waals surface area (Å²) < 4.78 is 59.2. The van der Waals surface area contributed by atoms with Crippen LogP contribution in [0.4, 0.5) is 17.6 Å². The van der Waals surface area contributed by atoms with Crippen LogP contribution in [0.5, 0.6) is 0 Å². The van der Waals surface area contributed by atoms with Gasteiger partial charge in [0.2, 0.25) is 0 Å². The minimum atomic E-state index is -3.76. The van der Waals surface area contributed by atoms with E-state index in [1.54, 1.807) is 19.9 Å². The van der Waals surface area contributed by atoms with Gasteiger partial charge in [-0.15, -0.1) is 0 Å². The second-order valence-corrected chi connectivity index (χ2v) is 7.29. The highest BCUT2D eigenvalue weighted by Crippen LogP contribution is 2.44. The summed E-state index contributed by atoms with van der Waals surface area (Å²) in [4.78, 5) is 15.4. The van der Waals surface area contributed by atoms with Crippen molar-refractivity contribution >= 4 is 28.0 Å². The number of nitrogens with one attached hydrogen (secondary N) is 1. The quantitative estimate of drug-likeness (QED) is 0.451. The largest absolute Gasteiger partial charge is 0.481 e. The van der Waals surface area contributed by atoms with Gasteiger partial charge in [0.05, 0.1) is 17.3 Å². The average molecular weight is 420 g/mol. The Morgan fingerprint density at radius 3 is 2.60 bits per heavy atom. The molecule has 0 unspecified atom stereocenters. The Morgan fingerprint density at radius 1 is 1.23 bits per heavy atom. The smallest absolute Gasteiger partial charge is 0.309 e. The molecule has 0 atom stereocenters. The van der Waals surface area contributed by atoms with Crippen molar-refractivity contribution in [3.63, 3.8) is 0 Å². The van der Waals surface area contributed by atoms with Gasteiger partial charge in [-0.05, 0) is 24.1 Å². The predicted molar refractivity (Wildman–Crippen MR) is 101 cm³/mol. The van der Waals surface area contributed by atoms with E-state index in [2.05, 4.69) is 15.2 Å². The number of aromatic nitrogens is 4. The van der Waals surface area contributed by atoms with Crippen LogP contribution in [0, 0.1) is 11.6 Å². The molecule has 0 aliphatic rings. The van der Waals surface area contributed by atoms with E-state index in [9.17, 15) is 13.6 Å². The first kappa shape index (κ1) is 19.9. The average Bonchev–Trinajstić information content (AvgIpc) is 3.22. The highest BCUT2D eigenvalue weighted by atomic mass is 19.3. The lowest BCUT2D eigenvalue weighted by molar-refractivity contribution is -0.145. The van der Waals surface area contributed by atoms with Crippen LogP contribution in [-0.4, -0.2) is 30.8 Å². The highest BCUT2D eigenvalue weighted by molar-refractivity contribution is 5.94. The third kappa shape index (κ3) is 3.08. The van der Waals surface area contributed by atoms with Crippen LogP contribution in [0.1, 0.15) is 37.4 Å². The molecule has 0 fully saturated rings. The van der Waals surface area contributed by atoms with Gasteiger partial charge in [-0.1, -0.05) is 13.8 Å². The number of fused-ring (bicyclic) bond motifs is 2. The molecule has 0 radical (unpaired) electrons. The van der Waals surface area contributed by atoms with Crippen LogP contribution in [0.2, 0.25) is 0 Å². The molecule has 3 heterocycles. The van der Waals surface area contributed by atoms with Crippen molar-refractivity contribution < 1.29 is 27.5 Å². The monoisotopic (exact) mass is 420 g/mol. The van der Waals surface area contributed by atoms with Gasteiger partial charge in [0.1, 0.15) is 11.9 Å². The van der Waals surface area contributed by atoms with E-state index in [1.807, 2.05) is 0 Å². The molecule has 30 heavy (non-hydrogen) atoms. The Hall–Kier alpha value is -3.43. The molecule has 0 amide bonds. The highest BCUT2D eigenvalue weighted by Gasteiger charge is 2.42. The zero-order valence-electron chi connectivity index (χ0n) is 15.9. The molecular weight excluding hydrogens is 404 g/mol. The van der Waals surface area contributed by atoms with E-state index in [-0.39, 0.29) is 28.1 Å². The van der Waals surface area contributed by atoms with Gasteiger partial charge in [-0.25, -0.2) is 22.5 Å². The number of carbonyl (C=O) groups is 1. The van der Waals surface area contributed by atoms with Crippen molar-refractivity contribution in [3.05, 3.63) is 53.4 Å². The molecule has 0 bridgehead atoms. The number of alkyl halides is 2. The van der Waals surface area contributed by atoms with Crippen molar-refractivity contribution in [2.24, 2.45) is 0 Å². The number of pyridine rings is 1. The molecule has 4 aromatic rings. The summed E-state index contributed by atoms with van der Waals surface area (Å²) in [5.41, 5.74) is -0.0613. The molecule has 3 aromatic heterocycles. The number of benzene rings is 1. The summed E-state index contributed by atoms with van der Waals surface area (Å²) in [5.74, 6) is -8.16. The number of hydrogen-bond donors (Lipinski definition) is 2. The molecule has 0 saturated carbocycles. The summed E-state index contributed by atoms with van der Waals surface area (Å²) in [6.07, 6.45) is 0.0147. The molecule has 4 rings (SSSR count). The predicted octanol–water partition coefficient (Wildman–Crippen LogP) is 4.87. The Balaban J connectivity index is 2.17. The van der Waals surface area contributed by atoms with Gasteiger partial charge in [-0.2, -0.15) is 5.10 Å². The van der Waals surface area contributed by atoms with Crippen molar-refractivity contribution in [1.29, 1.82) is 0 Å². The molecule has 1 aromatic carbocycles. The fourth-order valence-corrected chi connectivity index (χ4v) is 3.67. The number of aromatic amines is 1. The first-order valence-corrected chi connectivity index (χ1v) is 9.04. The first-order valence-electron chi connectivity index (χ1n) is 9.04. The first-order chi connectivity index (χ1) is 14.1. The molecule has 6 nitrogen and oxygen atoms in total. The number of halogens is 4. The fraction of sp³-hybridized carbons (Fsp3) is 0.250. The van der Waals surface area contributed by atoms with E-state index >= 15 is 8.78 Å². The topological polar surface area (TPSA) is 83.8 Å². The van der Waals surface area contributed by atoms with Gasteiger partial charge < -0.3 is 9.67 Å². The van der Waals surface area contributed by atoms with E-state index in [0.29, 0.717) is 5.39 Å². The van der Waals surface area contributed by atoms with E-state index in [0.717, 1.165) is 12.1 Å². The molecule has 0 aliphatic heterocycles. The molecule has 2 N–H and O–H groups in total. The lowest BCUT2D eigenvalue weighted by Gasteiger charge is -2.20. The molecule has 0 aliphatic carbocycles. The van der Waals surface area contributed by atoms with E-state index in [1.165, 1.54) is 16.8 Å². The zero-order chi connectivity index (χ0) is 21.8. The van der Waals surface area contributed by atoms with Gasteiger partial charge in [-0.3, -0.25) is 9.89 Å². The number of carboxylic acid groups (broad SMARTS) is 1. The van der Waals surface area contributed by atoms with Crippen molar-refractivity contribution in [2.45, 2.75) is 32.1 Å². The number of H-pyrrole nitrogens is 1. The maximum Gasteiger partial charge on any atom is 0.309 e. The number of carboxylic acids is 1. The van der Waals surface area contributed by atoms with Crippen LogP contribution >= 0.6 is 0 Å². The second-order valence-electron chi connectivity index (χ2n) is 7.29. The Morgan fingerprint density at radius 2 is 1.97 bits per heavy atom. The molecular formula is C20H16F4N4O2. The molecule has 156 valence electrons. The van der Waals surface area contributed by atoms with Crippen molar-refractivity contribution in [2.75, 3.05) is 0 Å². The van der Waals surface area contributed by atoms with Crippen LogP contribution in [0.3, 0.4) is 0 Å². The van der Waals surface area contributed by atoms with Crippen LogP contribution < -0.4 is 0 Å². The second kappa shape index (κ2) is 6.82. The Bertz CT molecular complexity index is 1290. The SMILES string of the molecule is CC(C)c1c(C(F)(F)CC(=O)O)c2nc3[nH]ncc3cc2n1-c1ccc(F)c(F)c1. The summed E-state index contributed by atoms with van der Waals surface area (Å²) in [5, 5.41) is 16.0. The fourth-order valence-electron chi connectivity index (χ4n) is 3.67. The lowest BCUT2D eigenvalue weighted by atomic mass is 9.98. The maximum absolute atomic E-state index is 15.2. The molecule has 0 spiro atoms.